The van der Waals surface area contributed by atoms with E-state index in [2.05, 4.69) is 9.72 Å². The number of esters is 1. The molecule has 2 aliphatic heterocycles. The van der Waals surface area contributed by atoms with Crippen molar-refractivity contribution in [2.45, 2.75) is 65.1 Å². The van der Waals surface area contributed by atoms with Crippen molar-refractivity contribution in [1.82, 2.24) is 9.99 Å². The van der Waals surface area contributed by atoms with Gasteiger partial charge in [-0.25, -0.2) is 19.6 Å². The van der Waals surface area contributed by atoms with Crippen molar-refractivity contribution in [3.05, 3.63) is 29.2 Å². The monoisotopic (exact) mass is 533 g/mol. The van der Waals surface area contributed by atoms with Gasteiger partial charge in [0, 0.05) is 26.6 Å². The number of aromatic nitrogens is 1. The number of hydrogen-bond donors (Lipinski definition) is 2. The average Bonchev–Trinajstić information content (AvgIpc) is 2.84. The number of hydrazine groups is 1. The van der Waals surface area contributed by atoms with Gasteiger partial charge in [-0.3, -0.25) is 9.50 Å². The zero-order valence-corrected chi connectivity index (χ0v) is 22.5. The number of hydrogen-bond acceptors (Lipinski definition) is 9. The van der Waals surface area contributed by atoms with Gasteiger partial charge in [0.1, 0.15) is 0 Å². The summed E-state index contributed by atoms with van der Waals surface area (Å²) in [6, 6.07) is 3.40. The van der Waals surface area contributed by atoms with Gasteiger partial charge < -0.3 is 29.9 Å². The second-order valence-corrected chi connectivity index (χ2v) is 8.97. The van der Waals surface area contributed by atoms with E-state index >= 15 is 0 Å². The van der Waals surface area contributed by atoms with Crippen LogP contribution in [-0.2, 0) is 19.0 Å². The highest BCUT2D eigenvalue weighted by atomic mass is 19.3. The molecule has 3 heterocycles. The molecule has 4 N–H and O–H groups in total. The summed E-state index contributed by atoms with van der Waals surface area (Å²) >= 11 is 0. The molecule has 0 saturated carbocycles. The van der Waals surface area contributed by atoms with E-state index in [0.29, 0.717) is 41.6 Å². The van der Waals surface area contributed by atoms with Crippen LogP contribution in [0.25, 0.3) is 5.70 Å². The Morgan fingerprint density at radius 3 is 2.59 bits per heavy atom. The summed E-state index contributed by atoms with van der Waals surface area (Å²) in [6.07, 6.45) is 2.16. The Bertz CT molecular complexity index is 895. The van der Waals surface area contributed by atoms with Crippen molar-refractivity contribution in [2.75, 3.05) is 45.4 Å². The minimum absolute atomic E-state index is 0. The molecule has 2 saturated heterocycles. The molecule has 0 amide bonds. The molecule has 0 radical (unpaired) electrons. The number of aryl methyl sites for hydroxylation is 1. The third kappa shape index (κ3) is 9.35. The highest BCUT2D eigenvalue weighted by molar-refractivity contribution is 5.70. The van der Waals surface area contributed by atoms with Gasteiger partial charge in [-0.05, 0) is 44.2 Å². The topological polar surface area (TPSA) is 116 Å². The summed E-state index contributed by atoms with van der Waals surface area (Å²) in [7, 11) is 2.91. The fourth-order valence-electron chi connectivity index (χ4n) is 4.42. The molecule has 0 spiro atoms. The molecule has 1 aromatic heterocycles. The Labute approximate surface area is 217 Å². The minimum atomic E-state index is -2.92. The Kier molecular flexibility index (Phi) is 13.2. The third-order valence-electron chi connectivity index (χ3n) is 6.13. The largest absolute Gasteiger partial charge is 0.469 e. The second-order valence-electron chi connectivity index (χ2n) is 8.97. The molecule has 1 aromatic rings. The molecular formula is C25H42F3N5O4. The van der Waals surface area contributed by atoms with Crippen molar-refractivity contribution in [3.8, 4) is 0 Å². The molecule has 37 heavy (non-hydrogen) atoms. The smallest absolute Gasteiger partial charge is 0.305 e. The Morgan fingerprint density at radius 1 is 1.32 bits per heavy atom. The van der Waals surface area contributed by atoms with E-state index in [4.69, 9.17) is 21.1 Å². The first kappa shape index (κ1) is 32.5. The standard InChI is InChI=1S/C23H35F2N5O4.C2H6.FH/c1-15-18(30-12-16(10-20(31)32-3)11-23(24,25)14-30)8-7-17(28-15)22(26)19(29(2)27)13-34-21-6-4-5-9-33-21;1-2;/h7-8,16,21H,4-6,9-14,26-27H2,1-3H3;1-2H3;1H/b22-19-;;/t16-,21?;;/m0../s1. The fraction of sp³-hybridized carbons (Fsp3) is 0.680. The van der Waals surface area contributed by atoms with Crippen LogP contribution >= 0.6 is 0 Å². The van der Waals surface area contributed by atoms with Crippen LogP contribution in [0.4, 0.5) is 19.2 Å². The second kappa shape index (κ2) is 15.0. The molecule has 0 aromatic carbocycles. The normalized spacial score (nSPS) is 21.6. The highest BCUT2D eigenvalue weighted by Crippen LogP contribution is 2.36. The lowest BCUT2D eigenvalue weighted by Gasteiger charge is -2.39. The van der Waals surface area contributed by atoms with Gasteiger partial charge in [0.05, 0.1) is 55.2 Å². The van der Waals surface area contributed by atoms with Crippen LogP contribution in [0.2, 0.25) is 0 Å². The lowest BCUT2D eigenvalue weighted by molar-refractivity contribution is -0.158. The molecular weight excluding hydrogens is 491 g/mol. The van der Waals surface area contributed by atoms with E-state index in [9.17, 15) is 13.6 Å². The van der Waals surface area contributed by atoms with Gasteiger partial charge in [0.25, 0.3) is 5.92 Å². The number of ether oxygens (including phenoxy) is 3. The first-order chi connectivity index (χ1) is 17.1. The average molecular weight is 534 g/mol. The number of rotatable bonds is 8. The van der Waals surface area contributed by atoms with Gasteiger partial charge in [0.2, 0.25) is 0 Å². The number of halogens is 3. The summed E-state index contributed by atoms with van der Waals surface area (Å²) in [5.41, 5.74) is 8.84. The van der Waals surface area contributed by atoms with Crippen LogP contribution in [0.15, 0.2) is 17.8 Å². The number of anilines is 1. The maximum absolute atomic E-state index is 14.4. The Hall–Kier alpha value is -2.57. The van der Waals surface area contributed by atoms with E-state index in [1.807, 2.05) is 13.8 Å². The maximum Gasteiger partial charge on any atom is 0.305 e. The number of nitrogens with zero attached hydrogens (tertiary/aromatic N) is 3. The van der Waals surface area contributed by atoms with Gasteiger partial charge in [-0.2, -0.15) is 0 Å². The lowest BCUT2D eigenvalue weighted by Crippen LogP contribution is -2.48. The predicted octanol–water partition coefficient (Wildman–Crippen LogP) is 3.57. The predicted molar refractivity (Wildman–Crippen MR) is 137 cm³/mol. The molecule has 0 aliphatic carbocycles. The summed E-state index contributed by atoms with van der Waals surface area (Å²) < 4.78 is 45.0. The molecule has 2 aliphatic rings. The molecule has 0 bridgehead atoms. The van der Waals surface area contributed by atoms with Crippen molar-refractivity contribution in [1.29, 1.82) is 0 Å². The number of pyridine rings is 1. The molecule has 9 nitrogen and oxygen atoms in total. The number of methoxy groups -OCH3 is 1. The zero-order chi connectivity index (χ0) is 26.9. The Balaban J connectivity index is 0.00000223. The molecule has 2 fully saturated rings. The summed E-state index contributed by atoms with van der Waals surface area (Å²) in [6.45, 7) is 6.43. The van der Waals surface area contributed by atoms with Crippen molar-refractivity contribution in [3.63, 3.8) is 0 Å². The van der Waals surface area contributed by atoms with Gasteiger partial charge in [-0.15, -0.1) is 0 Å². The fourth-order valence-corrected chi connectivity index (χ4v) is 4.42. The summed E-state index contributed by atoms with van der Waals surface area (Å²) in [4.78, 5) is 17.8. The van der Waals surface area contributed by atoms with Crippen LogP contribution in [0.5, 0.6) is 0 Å². The van der Waals surface area contributed by atoms with E-state index in [1.54, 1.807) is 31.0 Å². The van der Waals surface area contributed by atoms with Crippen LogP contribution in [-0.4, -0.2) is 68.6 Å². The summed E-state index contributed by atoms with van der Waals surface area (Å²) in [5, 5.41) is 1.38. The number of carbonyl (C=O) groups is 1. The van der Waals surface area contributed by atoms with Gasteiger partial charge in [0.15, 0.2) is 6.29 Å². The first-order valence-corrected chi connectivity index (χ1v) is 12.5. The Morgan fingerprint density at radius 2 is 2.03 bits per heavy atom. The molecule has 212 valence electrons. The van der Waals surface area contributed by atoms with Crippen LogP contribution in [0.3, 0.4) is 0 Å². The zero-order valence-electron chi connectivity index (χ0n) is 22.5. The molecule has 3 rings (SSSR count). The number of alkyl halides is 2. The summed E-state index contributed by atoms with van der Waals surface area (Å²) in [5.74, 6) is 2.06. The molecule has 1 unspecified atom stereocenters. The lowest BCUT2D eigenvalue weighted by atomic mass is 9.91. The highest BCUT2D eigenvalue weighted by Gasteiger charge is 2.41. The first-order valence-electron chi connectivity index (χ1n) is 12.5. The van der Waals surface area contributed by atoms with Crippen molar-refractivity contribution in [2.24, 2.45) is 17.5 Å². The van der Waals surface area contributed by atoms with E-state index in [1.165, 1.54) is 12.1 Å². The van der Waals surface area contributed by atoms with E-state index in [-0.39, 0.29) is 30.4 Å². The maximum atomic E-state index is 14.4. The van der Waals surface area contributed by atoms with Crippen LogP contribution in [0.1, 0.15) is 57.3 Å². The van der Waals surface area contributed by atoms with Gasteiger partial charge >= 0.3 is 5.97 Å². The SMILES string of the molecule is CC.COC(=O)C[C@@H]1CN(c2ccc(/C(N)=C(\COC3CCCCO3)N(C)N)nc2C)CC(F)(F)C1.F. The number of carbonyl (C=O) groups excluding carboxylic acids is 1. The van der Waals surface area contributed by atoms with Crippen LogP contribution in [0, 0.1) is 12.8 Å². The van der Waals surface area contributed by atoms with Crippen molar-refractivity contribution < 1.29 is 32.5 Å². The van der Waals surface area contributed by atoms with E-state index in [0.717, 1.165) is 19.3 Å². The minimum Gasteiger partial charge on any atom is -0.469 e. The number of likely N-dealkylation sites (N-methyl/N-ethyl adjacent to an activating group) is 1. The van der Waals surface area contributed by atoms with Gasteiger partial charge in [-0.1, -0.05) is 13.8 Å². The van der Waals surface area contributed by atoms with Crippen molar-refractivity contribution >= 4 is 17.4 Å². The number of nitrogens with two attached hydrogens (primary N) is 2. The molecule has 2 atom stereocenters. The van der Waals surface area contributed by atoms with Crippen LogP contribution < -0.4 is 16.5 Å². The quantitative estimate of drug-likeness (QED) is 0.294. The third-order valence-corrected chi connectivity index (χ3v) is 6.13. The van der Waals surface area contributed by atoms with E-state index < -0.39 is 24.4 Å². The number of piperidine rings is 1. The molecule has 12 heteroatoms.